The highest BCUT2D eigenvalue weighted by atomic mass is 19.4. The summed E-state index contributed by atoms with van der Waals surface area (Å²) in [5, 5.41) is 0.376. The highest BCUT2D eigenvalue weighted by Gasteiger charge is 2.27. The number of rotatable bonds is 9. The average Bonchev–Trinajstić information content (AvgIpc) is 2.75. The molecule has 0 spiro atoms. The topological polar surface area (TPSA) is 47.4 Å². The van der Waals surface area contributed by atoms with Crippen LogP contribution in [0.25, 0.3) is 10.9 Å². The van der Waals surface area contributed by atoms with Gasteiger partial charge in [-0.05, 0) is 44.0 Å². The number of nitrogens with zero attached hydrogens (tertiary/aromatic N) is 3. The fraction of sp³-hybridized carbons (Fsp3) is 0.417. The Morgan fingerprint density at radius 3 is 2.53 bits per heavy atom. The minimum absolute atomic E-state index is 0.191. The van der Waals surface area contributed by atoms with E-state index in [-0.39, 0.29) is 18.1 Å². The molecule has 0 amide bonds. The summed E-state index contributed by atoms with van der Waals surface area (Å²) in [5.74, 6) is 0.571. The largest absolute Gasteiger partial charge is 0.390 e. The molecule has 8 heteroatoms. The zero-order valence-corrected chi connectivity index (χ0v) is 18.5. The van der Waals surface area contributed by atoms with E-state index in [1.165, 1.54) is 4.90 Å². The number of hydrogen-bond acceptors (Lipinski definition) is 4. The second kappa shape index (κ2) is 10.2. The maximum atomic E-state index is 13.5. The fourth-order valence-electron chi connectivity index (χ4n) is 3.75. The maximum Gasteiger partial charge on any atom is 0.390 e. The van der Waals surface area contributed by atoms with Gasteiger partial charge in [0.1, 0.15) is 5.82 Å². The van der Waals surface area contributed by atoms with Crippen molar-refractivity contribution in [2.45, 2.75) is 38.9 Å². The number of benzene rings is 2. The van der Waals surface area contributed by atoms with Crippen molar-refractivity contribution in [1.82, 2.24) is 9.55 Å². The van der Waals surface area contributed by atoms with Crippen molar-refractivity contribution in [2.24, 2.45) is 0 Å². The summed E-state index contributed by atoms with van der Waals surface area (Å²) in [5.41, 5.74) is 1.91. The van der Waals surface area contributed by atoms with Crippen molar-refractivity contribution >= 4 is 16.6 Å². The fourth-order valence-corrected chi connectivity index (χ4v) is 3.75. The molecule has 1 aromatic heterocycles. The van der Waals surface area contributed by atoms with Crippen LogP contribution >= 0.6 is 0 Å². The number of aryl methyl sites for hydroxylation is 1. The molecule has 0 saturated heterocycles. The van der Waals surface area contributed by atoms with E-state index in [1.54, 1.807) is 36.7 Å². The van der Waals surface area contributed by atoms with Gasteiger partial charge in [0.05, 0.1) is 30.0 Å². The van der Waals surface area contributed by atoms with Gasteiger partial charge in [-0.1, -0.05) is 30.3 Å². The SMILES string of the molecule is CCOC[C@H](Cc1ccccc1)n1c(C)nc2ccc(N(C)CCC(F)(F)F)cc2c1=O. The van der Waals surface area contributed by atoms with Gasteiger partial charge in [0, 0.05) is 25.9 Å². The van der Waals surface area contributed by atoms with Crippen molar-refractivity contribution in [2.75, 3.05) is 31.7 Å². The van der Waals surface area contributed by atoms with Crippen LogP contribution in [-0.2, 0) is 11.2 Å². The van der Waals surface area contributed by atoms with Crippen molar-refractivity contribution in [3.63, 3.8) is 0 Å². The lowest BCUT2D eigenvalue weighted by molar-refractivity contribution is -0.132. The highest BCUT2D eigenvalue weighted by molar-refractivity contribution is 5.81. The average molecular weight is 448 g/mol. The van der Waals surface area contributed by atoms with Crippen LogP contribution in [0.2, 0.25) is 0 Å². The first-order chi connectivity index (χ1) is 15.2. The predicted molar refractivity (Wildman–Crippen MR) is 120 cm³/mol. The molecule has 0 aliphatic carbocycles. The third-order valence-corrected chi connectivity index (χ3v) is 5.43. The van der Waals surface area contributed by atoms with E-state index in [1.807, 2.05) is 37.3 Å². The number of aromatic nitrogens is 2. The van der Waals surface area contributed by atoms with Crippen LogP contribution in [0.4, 0.5) is 18.9 Å². The Balaban J connectivity index is 2.00. The Morgan fingerprint density at radius 1 is 1.16 bits per heavy atom. The highest BCUT2D eigenvalue weighted by Crippen LogP contribution is 2.24. The van der Waals surface area contributed by atoms with Gasteiger partial charge >= 0.3 is 6.18 Å². The molecule has 32 heavy (non-hydrogen) atoms. The third-order valence-electron chi connectivity index (χ3n) is 5.43. The molecule has 0 fully saturated rings. The van der Waals surface area contributed by atoms with Gasteiger partial charge in [0.15, 0.2) is 0 Å². The summed E-state index contributed by atoms with van der Waals surface area (Å²) in [6, 6.07) is 14.6. The van der Waals surface area contributed by atoms with E-state index in [2.05, 4.69) is 4.98 Å². The third kappa shape index (κ3) is 5.88. The quantitative estimate of drug-likeness (QED) is 0.468. The van der Waals surface area contributed by atoms with Crippen molar-refractivity contribution in [1.29, 1.82) is 0 Å². The Bertz CT molecular complexity index is 1100. The summed E-state index contributed by atoms with van der Waals surface area (Å²) >= 11 is 0. The molecule has 0 unspecified atom stereocenters. The minimum atomic E-state index is -4.24. The number of ether oxygens (including phenoxy) is 1. The molecule has 1 atom stereocenters. The summed E-state index contributed by atoms with van der Waals surface area (Å²) in [6.45, 7) is 4.37. The Morgan fingerprint density at radius 2 is 1.88 bits per heavy atom. The molecular weight excluding hydrogens is 419 g/mol. The zero-order valence-electron chi connectivity index (χ0n) is 18.5. The van der Waals surface area contributed by atoms with Gasteiger partial charge in [-0.2, -0.15) is 13.2 Å². The van der Waals surface area contributed by atoms with Gasteiger partial charge in [0.25, 0.3) is 5.56 Å². The van der Waals surface area contributed by atoms with E-state index in [0.29, 0.717) is 42.0 Å². The van der Waals surface area contributed by atoms with E-state index in [4.69, 9.17) is 4.74 Å². The molecule has 1 heterocycles. The van der Waals surface area contributed by atoms with E-state index in [9.17, 15) is 18.0 Å². The van der Waals surface area contributed by atoms with Crippen molar-refractivity contribution in [3.05, 3.63) is 70.3 Å². The summed E-state index contributed by atoms with van der Waals surface area (Å²) in [7, 11) is 1.58. The number of halogens is 3. The number of anilines is 1. The van der Waals surface area contributed by atoms with E-state index in [0.717, 1.165) is 5.56 Å². The molecule has 3 rings (SSSR count). The van der Waals surface area contributed by atoms with Crippen LogP contribution in [0.15, 0.2) is 53.3 Å². The molecule has 0 radical (unpaired) electrons. The monoisotopic (exact) mass is 447 g/mol. The maximum absolute atomic E-state index is 13.5. The first kappa shape index (κ1) is 23.8. The molecule has 0 bridgehead atoms. The number of fused-ring (bicyclic) bond motifs is 1. The van der Waals surface area contributed by atoms with Gasteiger partial charge in [0.2, 0.25) is 0 Å². The lowest BCUT2D eigenvalue weighted by atomic mass is 10.1. The van der Waals surface area contributed by atoms with Gasteiger partial charge in [-0.25, -0.2) is 4.98 Å². The lowest BCUT2D eigenvalue weighted by Gasteiger charge is -2.23. The van der Waals surface area contributed by atoms with E-state index < -0.39 is 12.6 Å². The summed E-state index contributed by atoms with van der Waals surface area (Å²) in [6.07, 6.45) is -4.56. The second-order valence-corrected chi connectivity index (χ2v) is 7.83. The van der Waals surface area contributed by atoms with Gasteiger partial charge < -0.3 is 9.64 Å². The number of alkyl halides is 3. The van der Waals surface area contributed by atoms with Gasteiger partial charge in [-0.3, -0.25) is 9.36 Å². The molecule has 5 nitrogen and oxygen atoms in total. The Labute approximate surface area is 185 Å². The first-order valence-electron chi connectivity index (χ1n) is 10.6. The second-order valence-electron chi connectivity index (χ2n) is 7.83. The van der Waals surface area contributed by atoms with Crippen LogP contribution in [0, 0.1) is 6.92 Å². The first-order valence-corrected chi connectivity index (χ1v) is 10.6. The Hall–Kier alpha value is -2.87. The smallest absolute Gasteiger partial charge is 0.380 e. The zero-order chi connectivity index (χ0) is 23.3. The predicted octanol–water partition coefficient (Wildman–Crippen LogP) is 4.91. The molecule has 2 aromatic carbocycles. The minimum Gasteiger partial charge on any atom is -0.380 e. The molecule has 3 aromatic rings. The molecule has 0 aliphatic heterocycles. The van der Waals surface area contributed by atoms with Crippen LogP contribution in [0.5, 0.6) is 0 Å². The van der Waals surface area contributed by atoms with Crippen molar-refractivity contribution < 1.29 is 17.9 Å². The summed E-state index contributed by atoms with van der Waals surface area (Å²) in [4.78, 5) is 19.6. The molecular formula is C24H28F3N3O2. The molecule has 0 N–H and O–H groups in total. The van der Waals surface area contributed by atoms with Crippen LogP contribution in [0.3, 0.4) is 0 Å². The van der Waals surface area contributed by atoms with Crippen LogP contribution < -0.4 is 10.5 Å². The molecule has 172 valence electrons. The van der Waals surface area contributed by atoms with Crippen LogP contribution in [-0.4, -0.2) is 42.5 Å². The lowest BCUT2D eigenvalue weighted by Crippen LogP contribution is -2.32. The Kier molecular flexibility index (Phi) is 7.56. The van der Waals surface area contributed by atoms with Gasteiger partial charge in [-0.15, -0.1) is 0 Å². The molecule has 0 aliphatic rings. The van der Waals surface area contributed by atoms with Crippen LogP contribution in [0.1, 0.15) is 30.8 Å². The van der Waals surface area contributed by atoms with E-state index >= 15 is 0 Å². The number of hydrogen-bond donors (Lipinski definition) is 0. The molecule has 0 saturated carbocycles. The standard InChI is InChI=1S/C24H28F3N3O2/c1-4-32-16-20(14-18-8-6-5-7-9-18)30-17(2)28-22-11-10-19(15-21(22)23(30)31)29(3)13-12-24(25,26)27/h5-11,15,20H,4,12-14,16H2,1-3H3/t20-/m0/s1. The normalized spacial score (nSPS) is 12.8. The van der Waals surface area contributed by atoms with Crippen molar-refractivity contribution in [3.8, 4) is 0 Å². The summed E-state index contributed by atoms with van der Waals surface area (Å²) < 4.78 is 45.2.